The topological polar surface area (TPSA) is 92.5 Å². The van der Waals surface area contributed by atoms with Crippen molar-refractivity contribution in [2.45, 2.75) is 32.6 Å². The van der Waals surface area contributed by atoms with Crippen LogP contribution in [0.5, 0.6) is 5.75 Å². The summed E-state index contributed by atoms with van der Waals surface area (Å²) >= 11 is 6.20. The lowest BCUT2D eigenvalue weighted by molar-refractivity contribution is -0.385. The minimum absolute atomic E-state index is 0.238. The number of rotatable bonds is 5. The van der Waals surface area contributed by atoms with E-state index in [1.807, 2.05) is 45.0 Å². The molecule has 0 aliphatic carbocycles. The predicted molar refractivity (Wildman–Crippen MR) is 120 cm³/mol. The predicted octanol–water partition coefficient (Wildman–Crippen LogP) is 5.14. The number of nitrogens with zero attached hydrogens (tertiary/aromatic N) is 1. The summed E-state index contributed by atoms with van der Waals surface area (Å²) in [6.07, 6.45) is 2.44. The number of benzene rings is 2. The summed E-state index contributed by atoms with van der Waals surface area (Å²) in [5, 5.41) is 24.6. The minimum atomic E-state index is -0.569. The molecular formula is C21H20N2O4S2. The van der Waals surface area contributed by atoms with Crippen molar-refractivity contribution in [3.8, 4) is 16.9 Å². The molecule has 0 saturated carbocycles. The summed E-state index contributed by atoms with van der Waals surface area (Å²) in [4.78, 5) is 23.3. The van der Waals surface area contributed by atoms with Crippen molar-refractivity contribution in [1.82, 2.24) is 5.32 Å². The van der Waals surface area contributed by atoms with Crippen molar-refractivity contribution in [3.63, 3.8) is 0 Å². The normalized spacial score (nSPS) is 15.6. The van der Waals surface area contributed by atoms with Crippen LogP contribution < -0.4 is 5.32 Å². The first kappa shape index (κ1) is 21.0. The zero-order chi connectivity index (χ0) is 21.3. The van der Waals surface area contributed by atoms with Crippen LogP contribution in [0.15, 0.2) is 41.3 Å². The second-order valence-electron chi connectivity index (χ2n) is 7.36. The molecule has 1 amide bonds. The highest BCUT2D eigenvalue weighted by atomic mass is 32.2. The van der Waals surface area contributed by atoms with Gasteiger partial charge in [0.2, 0.25) is 0 Å². The second-order valence-corrected chi connectivity index (χ2v) is 9.08. The smallest absolute Gasteiger partial charge is 0.311 e. The number of hydrogen-bond donors (Lipinski definition) is 2. The summed E-state index contributed by atoms with van der Waals surface area (Å²) in [6, 6.07) is 10.5. The van der Waals surface area contributed by atoms with Gasteiger partial charge in [0.25, 0.3) is 5.91 Å². The molecule has 29 heavy (non-hydrogen) atoms. The third-order valence-electron chi connectivity index (χ3n) is 5.06. The van der Waals surface area contributed by atoms with E-state index < -0.39 is 10.3 Å². The third kappa shape index (κ3) is 4.33. The van der Waals surface area contributed by atoms with Crippen molar-refractivity contribution in [2.24, 2.45) is 0 Å². The maximum absolute atomic E-state index is 11.9. The van der Waals surface area contributed by atoms with Crippen LogP contribution in [0.4, 0.5) is 5.69 Å². The molecule has 1 aliphatic rings. The molecule has 2 N–H and O–H groups in total. The fourth-order valence-electron chi connectivity index (χ4n) is 3.01. The highest BCUT2D eigenvalue weighted by molar-refractivity contribution is 8.26. The molecule has 8 heteroatoms. The Hall–Kier alpha value is -2.71. The number of nitro groups is 1. The first-order chi connectivity index (χ1) is 13.6. The number of amides is 1. The molecule has 0 spiro atoms. The van der Waals surface area contributed by atoms with Gasteiger partial charge in [0.15, 0.2) is 5.75 Å². The number of nitrogens with one attached hydrogen (secondary N) is 1. The summed E-state index contributed by atoms with van der Waals surface area (Å²) < 4.78 is 0.415. The largest absolute Gasteiger partial charge is 0.502 e. The maximum Gasteiger partial charge on any atom is 0.311 e. The van der Waals surface area contributed by atoms with E-state index in [0.29, 0.717) is 26.8 Å². The molecule has 3 rings (SSSR count). The monoisotopic (exact) mass is 428 g/mol. The second kappa shape index (κ2) is 7.96. The van der Waals surface area contributed by atoms with Crippen LogP contribution in [0.25, 0.3) is 17.2 Å². The Bertz CT molecular complexity index is 1060. The Morgan fingerprint density at radius 3 is 2.59 bits per heavy atom. The Balaban J connectivity index is 2.12. The number of hydrogen-bond acceptors (Lipinski definition) is 6. The van der Waals surface area contributed by atoms with Crippen molar-refractivity contribution in [3.05, 3.63) is 62.5 Å². The van der Waals surface area contributed by atoms with Crippen LogP contribution in [-0.4, -0.2) is 20.3 Å². The first-order valence-corrected chi connectivity index (χ1v) is 10.2. The van der Waals surface area contributed by atoms with Crippen LogP contribution in [0.2, 0.25) is 0 Å². The number of thiocarbonyl (C=S) groups is 1. The molecule has 1 fully saturated rings. The van der Waals surface area contributed by atoms with E-state index in [0.717, 1.165) is 11.1 Å². The van der Waals surface area contributed by atoms with Crippen molar-refractivity contribution in [1.29, 1.82) is 0 Å². The van der Waals surface area contributed by atoms with E-state index in [2.05, 4.69) is 5.32 Å². The first-order valence-electron chi connectivity index (χ1n) is 8.99. The number of phenolic OH excluding ortho intramolecular Hbond substituents is 1. The van der Waals surface area contributed by atoms with E-state index in [1.165, 1.54) is 17.8 Å². The van der Waals surface area contributed by atoms with Gasteiger partial charge in [0.1, 0.15) is 4.32 Å². The van der Waals surface area contributed by atoms with Gasteiger partial charge in [-0.3, -0.25) is 14.9 Å². The number of thioether (sulfide) groups is 1. The molecule has 1 heterocycles. The van der Waals surface area contributed by atoms with Gasteiger partial charge < -0.3 is 10.4 Å². The van der Waals surface area contributed by atoms with E-state index in [1.54, 1.807) is 12.1 Å². The van der Waals surface area contributed by atoms with E-state index >= 15 is 0 Å². The summed E-state index contributed by atoms with van der Waals surface area (Å²) in [6.45, 7) is 5.85. The van der Waals surface area contributed by atoms with E-state index in [-0.39, 0.29) is 17.3 Å². The molecule has 1 saturated heterocycles. The van der Waals surface area contributed by atoms with Crippen LogP contribution in [0.1, 0.15) is 38.3 Å². The molecule has 0 atom stereocenters. The van der Waals surface area contributed by atoms with Crippen LogP contribution in [0, 0.1) is 10.1 Å². The average Bonchev–Trinajstić information content (AvgIpc) is 2.98. The highest BCUT2D eigenvalue weighted by Crippen LogP contribution is 2.42. The Kier molecular flexibility index (Phi) is 5.77. The van der Waals surface area contributed by atoms with Gasteiger partial charge >= 0.3 is 5.69 Å². The molecule has 0 bridgehead atoms. The Morgan fingerprint density at radius 1 is 1.28 bits per heavy atom. The molecule has 150 valence electrons. The van der Waals surface area contributed by atoms with Gasteiger partial charge in [0, 0.05) is 11.6 Å². The molecule has 2 aromatic rings. The number of aromatic hydroxyl groups is 1. The highest BCUT2D eigenvalue weighted by Gasteiger charge is 2.29. The molecule has 6 nitrogen and oxygen atoms in total. The molecular weight excluding hydrogens is 408 g/mol. The Morgan fingerprint density at radius 2 is 2.00 bits per heavy atom. The van der Waals surface area contributed by atoms with Crippen LogP contribution >= 0.6 is 24.0 Å². The molecule has 0 unspecified atom stereocenters. The number of carbonyl (C=O) groups excluding carboxylic acids is 1. The Labute approximate surface area is 178 Å². The average molecular weight is 429 g/mol. The summed E-state index contributed by atoms with van der Waals surface area (Å²) in [7, 11) is 0. The maximum atomic E-state index is 11.9. The van der Waals surface area contributed by atoms with Crippen molar-refractivity contribution < 1.29 is 14.8 Å². The van der Waals surface area contributed by atoms with Gasteiger partial charge in [-0.2, -0.15) is 0 Å². The lowest BCUT2D eigenvalue weighted by Crippen LogP contribution is -2.17. The van der Waals surface area contributed by atoms with Gasteiger partial charge in [-0.25, -0.2) is 0 Å². The third-order valence-corrected chi connectivity index (χ3v) is 6.22. The van der Waals surface area contributed by atoms with Gasteiger partial charge in [0.05, 0.1) is 9.83 Å². The quantitative estimate of drug-likeness (QED) is 0.296. The molecule has 1 aliphatic heterocycles. The number of nitro benzene ring substituents is 1. The van der Waals surface area contributed by atoms with Gasteiger partial charge in [-0.15, -0.1) is 0 Å². The minimum Gasteiger partial charge on any atom is -0.502 e. The van der Waals surface area contributed by atoms with E-state index in [9.17, 15) is 20.0 Å². The van der Waals surface area contributed by atoms with Gasteiger partial charge in [-0.1, -0.05) is 63.0 Å². The standard InChI is InChI=1S/C21H20N2O4S2/c1-4-21(2,3)15-10-14(11-16(18(15)24)23(26)27)13-7-5-6-12(8-13)9-17-19(25)22-20(28)29-17/h5-11,24H,4H2,1-3H3,(H,22,25,28). The van der Waals surface area contributed by atoms with Gasteiger partial charge in [-0.05, 0) is 46.7 Å². The summed E-state index contributed by atoms with van der Waals surface area (Å²) in [5.41, 5.74) is 1.94. The molecule has 0 radical (unpaired) electrons. The SMILES string of the molecule is CCC(C)(C)c1cc(-c2cccc(C=C3SC(=S)NC3=O)c2)cc([N+](=O)[O-])c1O. The fourth-order valence-corrected chi connectivity index (χ4v) is 4.06. The summed E-state index contributed by atoms with van der Waals surface area (Å²) in [5.74, 6) is -0.533. The van der Waals surface area contributed by atoms with Crippen LogP contribution in [-0.2, 0) is 10.2 Å². The van der Waals surface area contributed by atoms with E-state index in [4.69, 9.17) is 12.2 Å². The van der Waals surface area contributed by atoms with Crippen molar-refractivity contribution >= 4 is 46.0 Å². The zero-order valence-electron chi connectivity index (χ0n) is 16.2. The number of carbonyl (C=O) groups is 1. The molecule has 0 aromatic heterocycles. The van der Waals surface area contributed by atoms with Crippen LogP contribution in [0.3, 0.4) is 0 Å². The lowest BCUT2D eigenvalue weighted by Gasteiger charge is -2.25. The zero-order valence-corrected chi connectivity index (χ0v) is 17.8. The fraction of sp³-hybridized carbons (Fsp3) is 0.238. The lowest BCUT2D eigenvalue weighted by atomic mass is 9.80. The number of phenols is 1. The molecule has 2 aromatic carbocycles. The van der Waals surface area contributed by atoms with Crippen molar-refractivity contribution in [2.75, 3.05) is 0 Å².